The Morgan fingerprint density at radius 2 is 0.634 bits per heavy atom. The number of fused-ring (bicyclic) bond motifs is 18. The Morgan fingerprint density at radius 1 is 0.232 bits per heavy atom. The van der Waals surface area contributed by atoms with Crippen molar-refractivity contribution >= 4 is 5.57 Å². The highest BCUT2D eigenvalue weighted by Gasteiger charge is 2.58. The van der Waals surface area contributed by atoms with E-state index in [4.69, 9.17) is 29.4 Å². The lowest BCUT2D eigenvalue weighted by Crippen LogP contribution is -2.38. The van der Waals surface area contributed by atoms with E-state index in [-0.39, 0.29) is 11.8 Å². The Kier molecular flexibility index (Phi) is 15.1. The minimum absolute atomic E-state index is 0.0188. The van der Waals surface area contributed by atoms with Crippen molar-refractivity contribution in [2.45, 2.75) is 16.7 Å². The Bertz CT molecular complexity index is 6620. The monoisotopic (exact) mass is 1430 g/mol. The van der Waals surface area contributed by atoms with Crippen molar-refractivity contribution in [3.8, 4) is 146 Å². The molecule has 524 valence electrons. The highest BCUT2D eigenvalue weighted by atomic mass is 16.5. The quantitative estimate of drug-likeness (QED) is 0.129. The van der Waals surface area contributed by atoms with Crippen LogP contribution in [0.15, 0.2) is 400 Å². The molecule has 3 unspecified atom stereocenters. The van der Waals surface area contributed by atoms with Crippen molar-refractivity contribution in [2.75, 3.05) is 0 Å². The van der Waals surface area contributed by atoms with Gasteiger partial charge in [0.15, 0.2) is 11.6 Å². The third-order valence-corrected chi connectivity index (χ3v) is 23.8. The standard InChI is InChI=1S/C106H68N4O2/c1-4-27-69(28-5-1)94-65-96(76-35-24-33-72(61-76)67-53-55-68(56-54-67)73-57-59-91-100(63-73)111-98-51-22-20-48-89(98)105(91)86-45-17-14-40-82(86)83-41-15-18-46-87(83)105)109-104(108-94)77-36-25-34-74(62-77)79-44-26-50-93-102(79)85-43-16-19-47-88(85)106(93)90-49-21-23-52-99(90)112-101-64-75(58-60-92(101)106)78-37-10-11-38-80(78)81-39-12-13-42-84(81)97-66-95(70-29-6-2-7-30-70)107-103(110-97)71-31-8-3-9-32-71/h1-66,93,102H. The number of allylic oxidation sites excluding steroid dienone is 4. The number of hydrogen-bond donors (Lipinski definition) is 0. The number of ether oxygens (including phenoxy) is 2. The summed E-state index contributed by atoms with van der Waals surface area (Å²) in [7, 11) is 0. The zero-order chi connectivity index (χ0) is 73.9. The maximum atomic E-state index is 7.25. The molecule has 2 spiro atoms. The molecule has 3 aliphatic carbocycles. The summed E-state index contributed by atoms with van der Waals surface area (Å²) in [6.07, 6.45) is 7.08. The molecular weight excluding hydrogens is 1360 g/mol. The number of rotatable bonds is 11. The second-order valence-electron chi connectivity index (χ2n) is 29.7. The van der Waals surface area contributed by atoms with Gasteiger partial charge in [0, 0.05) is 67.5 Å². The third-order valence-electron chi connectivity index (χ3n) is 23.8. The van der Waals surface area contributed by atoms with E-state index in [1.807, 2.05) is 24.3 Å². The van der Waals surface area contributed by atoms with Crippen molar-refractivity contribution in [3.05, 3.63) is 450 Å². The van der Waals surface area contributed by atoms with Crippen LogP contribution in [-0.4, -0.2) is 19.9 Å². The van der Waals surface area contributed by atoms with Crippen LogP contribution in [0.3, 0.4) is 0 Å². The van der Waals surface area contributed by atoms with E-state index >= 15 is 0 Å². The van der Waals surface area contributed by atoms with Crippen LogP contribution in [0, 0.1) is 5.92 Å². The van der Waals surface area contributed by atoms with Crippen LogP contribution in [0.4, 0.5) is 0 Å². The molecule has 0 amide bonds. The number of para-hydroxylation sites is 2. The predicted molar refractivity (Wildman–Crippen MR) is 452 cm³/mol. The van der Waals surface area contributed by atoms with E-state index in [2.05, 4.69) is 376 Å². The van der Waals surface area contributed by atoms with Gasteiger partial charge in [-0.05, 0) is 138 Å². The van der Waals surface area contributed by atoms with E-state index in [0.29, 0.717) is 11.6 Å². The van der Waals surface area contributed by atoms with Gasteiger partial charge in [0.1, 0.15) is 23.0 Å². The summed E-state index contributed by atoms with van der Waals surface area (Å²) >= 11 is 0. The van der Waals surface area contributed by atoms with Crippen molar-refractivity contribution in [3.63, 3.8) is 0 Å². The molecule has 2 aliphatic heterocycles. The summed E-state index contributed by atoms with van der Waals surface area (Å²) in [6, 6.07) is 137. The second kappa shape index (κ2) is 26.2. The Morgan fingerprint density at radius 3 is 1.30 bits per heavy atom. The zero-order valence-corrected chi connectivity index (χ0v) is 60.9. The fraction of sp³-hybridized carbons (Fsp3) is 0.0377. The minimum Gasteiger partial charge on any atom is -0.457 e. The lowest BCUT2D eigenvalue weighted by atomic mass is 9.60. The average molecular weight is 1430 g/mol. The van der Waals surface area contributed by atoms with Gasteiger partial charge in [0.05, 0.1) is 33.6 Å². The van der Waals surface area contributed by atoms with Gasteiger partial charge in [-0.25, -0.2) is 19.9 Å². The fourth-order valence-electron chi connectivity index (χ4n) is 19.0. The molecule has 22 rings (SSSR count). The summed E-state index contributed by atoms with van der Waals surface area (Å²) in [4.78, 5) is 21.4. The van der Waals surface area contributed by atoms with Crippen molar-refractivity contribution in [1.29, 1.82) is 0 Å². The Labute approximate surface area is 650 Å². The average Bonchev–Trinajstić information content (AvgIpc) is 1.50. The molecule has 2 aromatic heterocycles. The molecule has 6 nitrogen and oxygen atoms in total. The van der Waals surface area contributed by atoms with Gasteiger partial charge in [-0.3, -0.25) is 0 Å². The first kappa shape index (κ1) is 64.7. The first-order valence-corrected chi connectivity index (χ1v) is 38.5. The van der Waals surface area contributed by atoms with Gasteiger partial charge < -0.3 is 9.47 Å². The lowest BCUT2D eigenvalue weighted by molar-refractivity contribution is 0.376. The SMILES string of the molecule is C1=CC2C(C(c3cccc(-c4nc(-c5ccccc5)cc(-c5cccc(-c6ccc(-c7ccc8c(c7)Oc7ccccc7C87c8ccccc8-c8ccccc87)cc6)c5)n4)c3)=C1)c1ccccc1C21c2ccccc2Oc2cc(-c3ccccc3-c3ccccc3-c3cc(-c4ccccc4)nc(-c4ccccc4)n3)ccc21. The van der Waals surface area contributed by atoms with Gasteiger partial charge in [0.25, 0.3) is 0 Å². The molecule has 0 saturated heterocycles. The summed E-state index contributed by atoms with van der Waals surface area (Å²) in [5.41, 5.74) is 31.6. The molecule has 3 atom stereocenters. The Balaban J connectivity index is 0.593. The van der Waals surface area contributed by atoms with E-state index in [0.717, 1.165) is 151 Å². The fourth-order valence-corrected chi connectivity index (χ4v) is 19.0. The number of nitrogens with zero attached hydrogens (tertiary/aromatic N) is 4. The molecule has 0 bridgehead atoms. The van der Waals surface area contributed by atoms with Crippen LogP contribution in [0.2, 0.25) is 0 Å². The molecule has 4 heterocycles. The smallest absolute Gasteiger partial charge is 0.160 e. The zero-order valence-electron chi connectivity index (χ0n) is 60.9. The maximum Gasteiger partial charge on any atom is 0.160 e. The van der Waals surface area contributed by atoms with E-state index in [1.54, 1.807) is 0 Å². The molecule has 0 saturated carbocycles. The van der Waals surface area contributed by atoms with E-state index in [9.17, 15) is 0 Å². The molecular formula is C106H68N4O2. The molecule has 17 aromatic rings. The highest BCUT2D eigenvalue weighted by molar-refractivity contribution is 5.94. The summed E-state index contributed by atoms with van der Waals surface area (Å²) in [5.74, 6) is 4.73. The third kappa shape index (κ3) is 10.3. The number of benzene rings is 15. The molecule has 5 aliphatic rings. The Hall–Kier alpha value is -14.5. The van der Waals surface area contributed by atoms with Gasteiger partial charge >= 0.3 is 0 Å². The summed E-state index contributed by atoms with van der Waals surface area (Å²) in [6.45, 7) is 0. The lowest BCUT2D eigenvalue weighted by Gasteiger charge is -2.43. The van der Waals surface area contributed by atoms with Gasteiger partial charge in [-0.15, -0.1) is 0 Å². The predicted octanol–water partition coefficient (Wildman–Crippen LogP) is 26.2. The molecule has 6 heteroatoms. The highest BCUT2D eigenvalue weighted by Crippen LogP contribution is 2.68. The van der Waals surface area contributed by atoms with E-state index < -0.39 is 10.8 Å². The van der Waals surface area contributed by atoms with Crippen molar-refractivity contribution < 1.29 is 9.47 Å². The topological polar surface area (TPSA) is 70.0 Å². The van der Waals surface area contributed by atoms with Gasteiger partial charge in [0.2, 0.25) is 0 Å². The number of aromatic nitrogens is 4. The first-order chi connectivity index (χ1) is 55.5. The minimum atomic E-state index is -0.616. The largest absolute Gasteiger partial charge is 0.457 e. The maximum absolute atomic E-state index is 7.25. The van der Waals surface area contributed by atoms with Crippen molar-refractivity contribution in [2.24, 2.45) is 5.92 Å². The number of hydrogen-bond acceptors (Lipinski definition) is 6. The first-order valence-electron chi connectivity index (χ1n) is 38.5. The van der Waals surface area contributed by atoms with Crippen LogP contribution in [0.1, 0.15) is 56.0 Å². The van der Waals surface area contributed by atoms with Crippen LogP contribution >= 0.6 is 0 Å². The molecule has 0 fully saturated rings. The molecule has 112 heavy (non-hydrogen) atoms. The van der Waals surface area contributed by atoms with Crippen LogP contribution in [-0.2, 0) is 10.8 Å². The second-order valence-corrected chi connectivity index (χ2v) is 29.7. The van der Waals surface area contributed by atoms with E-state index in [1.165, 1.54) is 39.0 Å². The molecule has 15 aromatic carbocycles. The summed E-state index contributed by atoms with van der Waals surface area (Å²) in [5, 5.41) is 0. The van der Waals surface area contributed by atoms with Crippen LogP contribution < -0.4 is 9.47 Å². The van der Waals surface area contributed by atoms with Crippen LogP contribution in [0.5, 0.6) is 23.0 Å². The van der Waals surface area contributed by atoms with Crippen LogP contribution in [0.25, 0.3) is 129 Å². The van der Waals surface area contributed by atoms with Gasteiger partial charge in [-0.2, -0.15) is 0 Å². The molecule has 0 radical (unpaired) electrons. The normalized spacial score (nSPS) is 15.9. The molecule has 0 N–H and O–H groups in total. The summed E-state index contributed by atoms with van der Waals surface area (Å²) < 4.78 is 14.2. The van der Waals surface area contributed by atoms with Crippen molar-refractivity contribution in [1.82, 2.24) is 19.9 Å². The van der Waals surface area contributed by atoms with Gasteiger partial charge in [-0.1, -0.05) is 352 Å².